The smallest absolute Gasteiger partial charge is 0.240 e. The molecule has 2 aromatic rings. The summed E-state index contributed by atoms with van der Waals surface area (Å²) in [6.45, 7) is 5.67. The predicted octanol–water partition coefficient (Wildman–Crippen LogP) is 2.97. The van der Waals surface area contributed by atoms with Crippen LogP contribution in [0.4, 0.5) is 0 Å². The highest BCUT2D eigenvalue weighted by Gasteiger charge is 2.26. The summed E-state index contributed by atoms with van der Waals surface area (Å²) in [6.07, 6.45) is 2.25. The Morgan fingerprint density at radius 2 is 1.73 bits per heavy atom. The molecule has 2 aliphatic rings. The molecule has 0 aliphatic carbocycles. The van der Waals surface area contributed by atoms with Crippen molar-refractivity contribution < 1.29 is 22.6 Å². The molecule has 4 rings (SSSR count). The molecule has 162 valence electrons. The quantitative estimate of drug-likeness (QED) is 0.691. The van der Waals surface area contributed by atoms with E-state index in [2.05, 4.69) is 9.62 Å². The summed E-state index contributed by atoms with van der Waals surface area (Å²) in [7, 11) is -3.68. The van der Waals surface area contributed by atoms with Gasteiger partial charge in [-0.05, 0) is 62.7 Å². The summed E-state index contributed by atoms with van der Waals surface area (Å²) in [6, 6.07) is 12.6. The van der Waals surface area contributed by atoms with Gasteiger partial charge in [0.1, 0.15) is 19.0 Å². The van der Waals surface area contributed by atoms with Gasteiger partial charge in [0.25, 0.3) is 0 Å². The lowest BCUT2D eigenvalue weighted by Gasteiger charge is -2.28. The standard InChI is InChI=1S/C22H28N2O5S/c1-2-27-18-7-5-17(6-8-18)20(24-11-3-4-12-24)16-23-30(25,26)19-9-10-21-22(15-19)29-14-13-28-21/h5-10,15,20,23H,2-4,11-14,16H2,1H3/t20-/m0/s1. The van der Waals surface area contributed by atoms with E-state index in [0.717, 1.165) is 37.2 Å². The van der Waals surface area contributed by atoms with E-state index < -0.39 is 10.0 Å². The summed E-state index contributed by atoms with van der Waals surface area (Å²) in [5, 5.41) is 0. The van der Waals surface area contributed by atoms with E-state index in [0.29, 0.717) is 37.9 Å². The molecule has 2 heterocycles. The molecule has 1 saturated heterocycles. The van der Waals surface area contributed by atoms with Gasteiger partial charge in [0, 0.05) is 18.7 Å². The molecule has 30 heavy (non-hydrogen) atoms. The number of nitrogens with zero attached hydrogens (tertiary/aromatic N) is 1. The van der Waals surface area contributed by atoms with E-state index in [1.54, 1.807) is 12.1 Å². The number of nitrogens with one attached hydrogen (secondary N) is 1. The zero-order valence-electron chi connectivity index (χ0n) is 17.2. The van der Waals surface area contributed by atoms with Crippen LogP contribution in [0.3, 0.4) is 0 Å². The van der Waals surface area contributed by atoms with E-state index >= 15 is 0 Å². The van der Waals surface area contributed by atoms with Crippen LogP contribution in [0.2, 0.25) is 0 Å². The Kier molecular flexibility index (Phi) is 6.46. The third kappa shape index (κ3) is 4.71. The van der Waals surface area contributed by atoms with E-state index in [4.69, 9.17) is 14.2 Å². The van der Waals surface area contributed by atoms with Crippen LogP contribution in [0.5, 0.6) is 17.2 Å². The van der Waals surface area contributed by atoms with Gasteiger partial charge in [-0.3, -0.25) is 4.90 Å². The molecule has 0 amide bonds. The van der Waals surface area contributed by atoms with Gasteiger partial charge in [-0.25, -0.2) is 13.1 Å². The van der Waals surface area contributed by atoms with Crippen LogP contribution in [0.1, 0.15) is 31.4 Å². The summed E-state index contributed by atoms with van der Waals surface area (Å²) in [5.41, 5.74) is 1.07. The Bertz CT molecular complexity index is 956. The molecule has 7 nitrogen and oxygen atoms in total. The number of ether oxygens (including phenoxy) is 3. The van der Waals surface area contributed by atoms with Gasteiger partial charge in [-0.1, -0.05) is 12.1 Å². The van der Waals surface area contributed by atoms with E-state index in [-0.39, 0.29) is 10.9 Å². The molecule has 0 radical (unpaired) electrons. The number of hydrogen-bond donors (Lipinski definition) is 1. The Morgan fingerprint density at radius 3 is 2.43 bits per heavy atom. The van der Waals surface area contributed by atoms with Crippen molar-refractivity contribution >= 4 is 10.0 Å². The first-order chi connectivity index (χ1) is 14.6. The molecule has 8 heteroatoms. The second-order valence-electron chi connectivity index (χ2n) is 7.42. The maximum absolute atomic E-state index is 13.0. The van der Waals surface area contributed by atoms with Crippen LogP contribution < -0.4 is 18.9 Å². The molecular weight excluding hydrogens is 404 g/mol. The molecule has 1 atom stereocenters. The third-order valence-electron chi connectivity index (χ3n) is 5.45. The Balaban J connectivity index is 1.51. The fourth-order valence-electron chi connectivity index (χ4n) is 3.93. The van der Waals surface area contributed by atoms with Crippen LogP contribution in [0.15, 0.2) is 47.4 Å². The zero-order chi connectivity index (χ0) is 21.0. The lowest BCUT2D eigenvalue weighted by Crippen LogP contribution is -2.36. The van der Waals surface area contributed by atoms with Gasteiger partial charge in [0.15, 0.2) is 11.5 Å². The molecule has 0 aromatic heterocycles. The van der Waals surface area contributed by atoms with Crippen molar-refractivity contribution in [2.24, 2.45) is 0 Å². The molecule has 0 unspecified atom stereocenters. The van der Waals surface area contributed by atoms with Gasteiger partial charge in [-0.15, -0.1) is 0 Å². The van der Waals surface area contributed by atoms with Crippen LogP contribution in [0.25, 0.3) is 0 Å². The topological polar surface area (TPSA) is 77.1 Å². The second-order valence-corrected chi connectivity index (χ2v) is 9.19. The number of benzene rings is 2. The molecule has 1 fully saturated rings. The lowest BCUT2D eigenvalue weighted by atomic mass is 10.1. The lowest BCUT2D eigenvalue weighted by molar-refractivity contribution is 0.171. The number of rotatable bonds is 8. The summed E-state index contributed by atoms with van der Waals surface area (Å²) >= 11 is 0. The van der Waals surface area contributed by atoms with Crippen molar-refractivity contribution in [3.8, 4) is 17.2 Å². The zero-order valence-corrected chi connectivity index (χ0v) is 18.0. The normalized spacial score (nSPS) is 17.6. The molecular formula is C22H28N2O5S. The first kappa shape index (κ1) is 21.0. The predicted molar refractivity (Wildman–Crippen MR) is 114 cm³/mol. The largest absolute Gasteiger partial charge is 0.494 e. The maximum Gasteiger partial charge on any atom is 0.240 e. The fraction of sp³-hybridized carbons (Fsp3) is 0.455. The van der Waals surface area contributed by atoms with Crippen LogP contribution in [-0.2, 0) is 10.0 Å². The first-order valence-electron chi connectivity index (χ1n) is 10.4. The third-order valence-corrected chi connectivity index (χ3v) is 6.87. The van der Waals surface area contributed by atoms with Crippen molar-refractivity contribution in [1.29, 1.82) is 0 Å². The Hall–Kier alpha value is -2.29. The minimum Gasteiger partial charge on any atom is -0.494 e. The highest BCUT2D eigenvalue weighted by Crippen LogP contribution is 2.32. The highest BCUT2D eigenvalue weighted by molar-refractivity contribution is 7.89. The summed E-state index contributed by atoms with van der Waals surface area (Å²) in [4.78, 5) is 2.51. The van der Waals surface area contributed by atoms with Gasteiger partial charge in [0.05, 0.1) is 11.5 Å². The number of fused-ring (bicyclic) bond motifs is 1. The second kappa shape index (κ2) is 9.24. The van der Waals surface area contributed by atoms with E-state index in [9.17, 15) is 8.42 Å². The van der Waals surface area contributed by atoms with Crippen molar-refractivity contribution in [3.63, 3.8) is 0 Å². The van der Waals surface area contributed by atoms with Crippen molar-refractivity contribution in [3.05, 3.63) is 48.0 Å². The number of sulfonamides is 1. The molecule has 0 spiro atoms. The SMILES string of the molecule is CCOc1ccc([C@H](CNS(=O)(=O)c2ccc3c(c2)OCCO3)N2CCCC2)cc1. The molecule has 2 aliphatic heterocycles. The average molecular weight is 433 g/mol. The van der Waals surface area contributed by atoms with E-state index in [1.807, 2.05) is 31.2 Å². The minimum absolute atomic E-state index is 0.0323. The van der Waals surface area contributed by atoms with E-state index in [1.165, 1.54) is 6.07 Å². The maximum atomic E-state index is 13.0. The van der Waals surface area contributed by atoms with Gasteiger partial charge >= 0.3 is 0 Å². The first-order valence-corrected chi connectivity index (χ1v) is 11.9. The average Bonchev–Trinajstić information content (AvgIpc) is 3.29. The van der Waals surface area contributed by atoms with Crippen molar-refractivity contribution in [2.45, 2.75) is 30.7 Å². The van der Waals surface area contributed by atoms with Gasteiger partial charge in [0.2, 0.25) is 10.0 Å². The Labute approximate surface area is 178 Å². The van der Waals surface area contributed by atoms with Crippen molar-refractivity contribution in [1.82, 2.24) is 9.62 Å². The number of hydrogen-bond acceptors (Lipinski definition) is 6. The van der Waals surface area contributed by atoms with Gasteiger partial charge < -0.3 is 14.2 Å². The summed E-state index contributed by atoms with van der Waals surface area (Å²) in [5.74, 6) is 1.86. The minimum atomic E-state index is -3.68. The molecule has 0 bridgehead atoms. The monoisotopic (exact) mass is 432 g/mol. The van der Waals surface area contributed by atoms with Crippen LogP contribution in [-0.4, -0.2) is 52.8 Å². The molecule has 0 saturated carbocycles. The molecule has 2 aromatic carbocycles. The van der Waals surface area contributed by atoms with Crippen molar-refractivity contribution in [2.75, 3.05) is 39.5 Å². The van der Waals surface area contributed by atoms with Crippen LogP contribution in [0, 0.1) is 0 Å². The van der Waals surface area contributed by atoms with Crippen LogP contribution >= 0.6 is 0 Å². The summed E-state index contributed by atoms with van der Waals surface area (Å²) < 4.78 is 45.3. The number of likely N-dealkylation sites (tertiary alicyclic amines) is 1. The Morgan fingerprint density at radius 1 is 1.03 bits per heavy atom. The molecule has 1 N–H and O–H groups in total. The fourth-order valence-corrected chi connectivity index (χ4v) is 4.98. The van der Waals surface area contributed by atoms with Gasteiger partial charge in [-0.2, -0.15) is 0 Å². The highest BCUT2D eigenvalue weighted by atomic mass is 32.2.